The maximum absolute atomic E-state index is 12.5. The van der Waals surface area contributed by atoms with Crippen LogP contribution in [0.3, 0.4) is 0 Å². The second-order valence-electron chi connectivity index (χ2n) is 6.93. The molecule has 1 aliphatic rings. The molecule has 150 valence electrons. The van der Waals surface area contributed by atoms with Gasteiger partial charge >= 0.3 is 0 Å². The van der Waals surface area contributed by atoms with Crippen LogP contribution in [0.15, 0.2) is 41.8 Å². The van der Waals surface area contributed by atoms with Crippen molar-refractivity contribution in [2.24, 2.45) is 0 Å². The molecule has 1 aromatic heterocycles. The number of benzene rings is 1. The highest BCUT2D eigenvalue weighted by Crippen LogP contribution is 2.15. The third kappa shape index (κ3) is 5.91. The van der Waals surface area contributed by atoms with Gasteiger partial charge in [0.2, 0.25) is 5.91 Å². The monoisotopic (exact) mass is 400 g/mol. The van der Waals surface area contributed by atoms with Crippen molar-refractivity contribution in [2.45, 2.75) is 26.2 Å². The van der Waals surface area contributed by atoms with Gasteiger partial charge in [0.15, 0.2) is 5.78 Å². The Morgan fingerprint density at radius 1 is 1.04 bits per heavy atom. The first kappa shape index (κ1) is 20.6. The normalized spacial score (nSPS) is 14.8. The number of amides is 1. The lowest BCUT2D eigenvalue weighted by Crippen LogP contribution is -2.49. The van der Waals surface area contributed by atoms with E-state index in [1.807, 2.05) is 11.8 Å². The summed E-state index contributed by atoms with van der Waals surface area (Å²) in [7, 11) is 0. The highest BCUT2D eigenvalue weighted by atomic mass is 32.1. The molecule has 0 bridgehead atoms. The van der Waals surface area contributed by atoms with Gasteiger partial charge in [0.05, 0.1) is 6.61 Å². The van der Waals surface area contributed by atoms with Gasteiger partial charge in [-0.2, -0.15) is 0 Å². The van der Waals surface area contributed by atoms with Crippen LogP contribution in [0.2, 0.25) is 0 Å². The molecule has 3 rings (SSSR count). The molecule has 2 aromatic rings. The van der Waals surface area contributed by atoms with Gasteiger partial charge in [0.25, 0.3) is 0 Å². The number of carbonyl (C=O) groups excluding carboxylic acids is 2. The fraction of sp³-hybridized carbons (Fsp3) is 0.455. The first-order valence-electron chi connectivity index (χ1n) is 9.94. The van der Waals surface area contributed by atoms with E-state index in [4.69, 9.17) is 4.74 Å². The first-order valence-corrected chi connectivity index (χ1v) is 10.8. The Hall–Kier alpha value is -2.18. The summed E-state index contributed by atoms with van der Waals surface area (Å²) in [5, 5.41) is 2.11. The van der Waals surface area contributed by atoms with Gasteiger partial charge in [-0.05, 0) is 49.1 Å². The lowest BCUT2D eigenvalue weighted by atomic mass is 10.1. The minimum atomic E-state index is 0.00554. The molecule has 1 saturated heterocycles. The predicted octanol–water partition coefficient (Wildman–Crippen LogP) is 3.50. The molecule has 28 heavy (non-hydrogen) atoms. The highest BCUT2D eigenvalue weighted by Gasteiger charge is 2.21. The Morgan fingerprint density at radius 2 is 1.79 bits per heavy atom. The largest absolute Gasteiger partial charge is 0.494 e. The van der Waals surface area contributed by atoms with Crippen molar-refractivity contribution in [2.75, 3.05) is 39.3 Å². The summed E-state index contributed by atoms with van der Waals surface area (Å²) < 4.78 is 5.39. The number of hydrogen-bond acceptors (Lipinski definition) is 5. The molecule has 0 unspecified atom stereocenters. The molecule has 1 fully saturated rings. The van der Waals surface area contributed by atoms with E-state index < -0.39 is 0 Å². The molecule has 0 atom stereocenters. The number of hydrogen-bond donors (Lipinski definition) is 0. The summed E-state index contributed by atoms with van der Waals surface area (Å²) in [5.41, 5.74) is 0.634. The average molecular weight is 401 g/mol. The third-order valence-corrected chi connectivity index (χ3v) is 5.97. The van der Waals surface area contributed by atoms with Gasteiger partial charge in [-0.1, -0.05) is 6.07 Å². The quantitative estimate of drug-likeness (QED) is 0.605. The molecular weight excluding hydrogens is 372 g/mol. The van der Waals surface area contributed by atoms with Crippen LogP contribution in [0.1, 0.15) is 35.0 Å². The number of piperazine rings is 1. The van der Waals surface area contributed by atoms with Crippen molar-refractivity contribution in [3.63, 3.8) is 0 Å². The van der Waals surface area contributed by atoms with Crippen LogP contribution in [0.25, 0.3) is 0 Å². The zero-order chi connectivity index (χ0) is 19.8. The molecule has 0 aliphatic carbocycles. The summed E-state index contributed by atoms with van der Waals surface area (Å²) in [6.45, 7) is 6.88. The second kappa shape index (κ2) is 10.4. The Bertz CT molecular complexity index is 751. The maximum atomic E-state index is 12.5. The van der Waals surface area contributed by atoms with Gasteiger partial charge in [0.1, 0.15) is 5.75 Å². The van der Waals surface area contributed by atoms with Crippen molar-refractivity contribution >= 4 is 23.0 Å². The van der Waals surface area contributed by atoms with Crippen molar-refractivity contribution in [1.82, 2.24) is 9.80 Å². The van der Waals surface area contributed by atoms with Gasteiger partial charge in [0, 0.05) is 56.0 Å². The van der Waals surface area contributed by atoms with Crippen LogP contribution in [0, 0.1) is 0 Å². The van der Waals surface area contributed by atoms with E-state index in [2.05, 4.69) is 22.4 Å². The smallest absolute Gasteiger partial charge is 0.223 e. The minimum absolute atomic E-state index is 0.00554. The zero-order valence-corrected chi connectivity index (χ0v) is 17.2. The molecule has 6 heteroatoms. The van der Waals surface area contributed by atoms with Crippen LogP contribution in [0.4, 0.5) is 0 Å². The van der Waals surface area contributed by atoms with E-state index in [0.29, 0.717) is 12.2 Å². The molecule has 0 spiro atoms. The third-order valence-electron chi connectivity index (χ3n) is 5.03. The summed E-state index contributed by atoms with van der Waals surface area (Å²) >= 11 is 1.80. The van der Waals surface area contributed by atoms with Crippen LogP contribution >= 0.6 is 11.3 Å². The number of carbonyl (C=O) groups is 2. The van der Waals surface area contributed by atoms with Crippen LogP contribution in [-0.2, 0) is 11.2 Å². The second-order valence-corrected chi connectivity index (χ2v) is 7.96. The van der Waals surface area contributed by atoms with E-state index in [1.54, 1.807) is 35.6 Å². The van der Waals surface area contributed by atoms with E-state index in [-0.39, 0.29) is 24.5 Å². The first-order chi connectivity index (χ1) is 13.7. The summed E-state index contributed by atoms with van der Waals surface area (Å²) in [6, 6.07) is 11.4. The lowest BCUT2D eigenvalue weighted by molar-refractivity contribution is -0.132. The number of ketones is 1. The van der Waals surface area contributed by atoms with Crippen LogP contribution in [-0.4, -0.2) is 60.8 Å². The minimum Gasteiger partial charge on any atom is -0.494 e. The topological polar surface area (TPSA) is 49.9 Å². The molecule has 5 nitrogen and oxygen atoms in total. The number of rotatable bonds is 9. The summed E-state index contributed by atoms with van der Waals surface area (Å²) in [5.74, 6) is 0.843. The van der Waals surface area contributed by atoms with Crippen molar-refractivity contribution < 1.29 is 14.3 Å². The Morgan fingerprint density at radius 3 is 2.43 bits per heavy atom. The number of nitrogens with zero attached hydrogens (tertiary/aromatic N) is 2. The lowest BCUT2D eigenvalue weighted by Gasteiger charge is -2.34. The van der Waals surface area contributed by atoms with E-state index in [0.717, 1.165) is 44.9 Å². The fourth-order valence-electron chi connectivity index (χ4n) is 3.37. The van der Waals surface area contributed by atoms with E-state index in [1.165, 1.54) is 4.88 Å². The van der Waals surface area contributed by atoms with Crippen LogP contribution < -0.4 is 4.74 Å². The van der Waals surface area contributed by atoms with Gasteiger partial charge < -0.3 is 9.64 Å². The predicted molar refractivity (Wildman–Crippen MR) is 112 cm³/mol. The van der Waals surface area contributed by atoms with Crippen molar-refractivity contribution in [3.8, 4) is 5.75 Å². The zero-order valence-electron chi connectivity index (χ0n) is 16.4. The van der Waals surface area contributed by atoms with Gasteiger partial charge in [-0.3, -0.25) is 14.5 Å². The van der Waals surface area contributed by atoms with E-state index in [9.17, 15) is 9.59 Å². The number of ether oxygens (including phenoxy) is 1. The molecule has 0 N–H and O–H groups in total. The van der Waals surface area contributed by atoms with Crippen molar-refractivity contribution in [3.05, 3.63) is 52.2 Å². The Kier molecular flexibility index (Phi) is 7.62. The Labute approximate surface area is 170 Å². The maximum Gasteiger partial charge on any atom is 0.223 e. The molecular formula is C22H28N2O3S. The summed E-state index contributed by atoms with van der Waals surface area (Å²) in [6.07, 6.45) is 1.61. The SMILES string of the molecule is CCOc1ccc(C(=O)CCC(=O)N2CCN(CCc3cccs3)CC2)cc1. The molecule has 2 heterocycles. The Balaban J connectivity index is 1.37. The summed E-state index contributed by atoms with van der Waals surface area (Å²) in [4.78, 5) is 30.5. The van der Waals surface area contributed by atoms with Crippen molar-refractivity contribution in [1.29, 1.82) is 0 Å². The standard InChI is InChI=1S/C22H28N2O3S/c1-2-27-19-7-5-18(6-8-19)21(25)9-10-22(26)24-15-13-23(14-16-24)12-11-20-4-3-17-28-20/h3-8,17H,2,9-16H2,1H3. The molecule has 0 radical (unpaired) electrons. The van der Waals surface area contributed by atoms with E-state index >= 15 is 0 Å². The number of Topliss-reactive ketones (excluding diaryl/α,β-unsaturated/α-hetero) is 1. The fourth-order valence-corrected chi connectivity index (χ4v) is 4.07. The van der Waals surface area contributed by atoms with Crippen LogP contribution in [0.5, 0.6) is 5.75 Å². The van der Waals surface area contributed by atoms with Gasteiger partial charge in [-0.15, -0.1) is 11.3 Å². The molecule has 0 saturated carbocycles. The average Bonchev–Trinajstić information content (AvgIpc) is 3.25. The number of thiophene rings is 1. The molecule has 1 aliphatic heterocycles. The van der Waals surface area contributed by atoms with Gasteiger partial charge in [-0.25, -0.2) is 0 Å². The molecule has 1 aromatic carbocycles. The highest BCUT2D eigenvalue weighted by molar-refractivity contribution is 7.09. The molecule has 1 amide bonds.